The van der Waals surface area contributed by atoms with E-state index < -0.39 is 32.5 Å². The fourth-order valence-corrected chi connectivity index (χ4v) is 7.40. The van der Waals surface area contributed by atoms with Crippen molar-refractivity contribution in [2.45, 2.75) is 36.0 Å². The second-order valence-corrected chi connectivity index (χ2v) is 13.7. The van der Waals surface area contributed by atoms with Gasteiger partial charge in [-0.05, 0) is 86.0 Å². The van der Waals surface area contributed by atoms with Gasteiger partial charge in [0.15, 0.2) is 0 Å². The van der Waals surface area contributed by atoms with Crippen LogP contribution in [-0.2, 0) is 24.8 Å². The molecule has 0 aliphatic carbocycles. The van der Waals surface area contributed by atoms with Crippen LogP contribution in [0.5, 0.6) is 5.75 Å². The highest BCUT2D eigenvalue weighted by Crippen LogP contribution is 2.26. The van der Waals surface area contributed by atoms with Crippen molar-refractivity contribution in [1.29, 1.82) is 0 Å². The SMILES string of the molecule is Cc1cccc(N(CC(=O)NCCOc2ccc(S(=O)(=O)N3CCCCC3)cc2)S(=O)(=O)c2ccc(Cl)cc2)c1. The molecule has 1 aliphatic heterocycles. The number of carbonyl (C=O) groups excluding carboxylic acids is 1. The molecule has 0 aromatic heterocycles. The van der Waals surface area contributed by atoms with Gasteiger partial charge < -0.3 is 10.1 Å². The van der Waals surface area contributed by atoms with Gasteiger partial charge in [-0.25, -0.2) is 16.8 Å². The molecule has 1 amide bonds. The molecule has 3 aromatic rings. The molecule has 1 saturated heterocycles. The Morgan fingerprint density at radius 3 is 2.23 bits per heavy atom. The van der Waals surface area contributed by atoms with E-state index in [0.29, 0.717) is 29.5 Å². The van der Waals surface area contributed by atoms with Gasteiger partial charge in [-0.1, -0.05) is 30.2 Å². The van der Waals surface area contributed by atoms with Crippen LogP contribution in [0.1, 0.15) is 24.8 Å². The van der Waals surface area contributed by atoms with Crippen molar-refractivity contribution in [3.63, 3.8) is 0 Å². The Morgan fingerprint density at radius 1 is 0.925 bits per heavy atom. The summed E-state index contributed by atoms with van der Waals surface area (Å²) >= 11 is 5.93. The van der Waals surface area contributed by atoms with Crippen LogP contribution in [0.3, 0.4) is 0 Å². The molecule has 1 heterocycles. The summed E-state index contributed by atoms with van der Waals surface area (Å²) in [5.74, 6) is -0.0517. The molecule has 0 atom stereocenters. The molecule has 214 valence electrons. The largest absolute Gasteiger partial charge is 0.492 e. The van der Waals surface area contributed by atoms with Crippen LogP contribution in [0.4, 0.5) is 5.69 Å². The van der Waals surface area contributed by atoms with E-state index in [4.69, 9.17) is 16.3 Å². The van der Waals surface area contributed by atoms with Gasteiger partial charge in [-0.2, -0.15) is 4.31 Å². The van der Waals surface area contributed by atoms with Crippen molar-refractivity contribution in [3.05, 3.63) is 83.4 Å². The van der Waals surface area contributed by atoms with Crippen LogP contribution in [-0.4, -0.2) is 59.8 Å². The van der Waals surface area contributed by atoms with Gasteiger partial charge in [0.05, 0.1) is 22.0 Å². The van der Waals surface area contributed by atoms with Crippen LogP contribution in [0.25, 0.3) is 0 Å². The molecule has 40 heavy (non-hydrogen) atoms. The predicted molar refractivity (Wildman–Crippen MR) is 155 cm³/mol. The number of hydrogen-bond donors (Lipinski definition) is 1. The fraction of sp³-hybridized carbons (Fsp3) is 0.321. The zero-order chi connectivity index (χ0) is 28.8. The summed E-state index contributed by atoms with van der Waals surface area (Å²) in [6.07, 6.45) is 2.77. The lowest BCUT2D eigenvalue weighted by Gasteiger charge is -2.25. The maximum Gasteiger partial charge on any atom is 0.264 e. The number of benzene rings is 3. The van der Waals surface area contributed by atoms with Crippen molar-refractivity contribution >= 4 is 43.2 Å². The summed E-state index contributed by atoms with van der Waals surface area (Å²) in [6.45, 7) is 2.69. The summed E-state index contributed by atoms with van der Waals surface area (Å²) in [5.41, 5.74) is 1.21. The highest BCUT2D eigenvalue weighted by atomic mass is 35.5. The molecule has 1 fully saturated rings. The number of hydrogen-bond acceptors (Lipinski definition) is 6. The first-order chi connectivity index (χ1) is 19.1. The zero-order valence-electron chi connectivity index (χ0n) is 22.1. The van der Waals surface area contributed by atoms with Gasteiger partial charge >= 0.3 is 0 Å². The average Bonchev–Trinajstić information content (AvgIpc) is 2.95. The van der Waals surface area contributed by atoms with E-state index in [9.17, 15) is 21.6 Å². The minimum Gasteiger partial charge on any atom is -0.492 e. The van der Waals surface area contributed by atoms with Gasteiger partial charge in [-0.3, -0.25) is 9.10 Å². The topological polar surface area (TPSA) is 113 Å². The summed E-state index contributed by atoms with van der Waals surface area (Å²) in [4.78, 5) is 13.0. The van der Waals surface area contributed by atoms with E-state index >= 15 is 0 Å². The Bertz CT molecular complexity index is 1520. The molecular formula is C28H32ClN3O6S2. The summed E-state index contributed by atoms with van der Waals surface area (Å²) in [7, 11) is -7.58. The number of rotatable bonds is 11. The Morgan fingerprint density at radius 2 is 1.57 bits per heavy atom. The molecule has 9 nitrogen and oxygen atoms in total. The number of aryl methyl sites for hydroxylation is 1. The molecule has 1 aliphatic rings. The molecule has 12 heteroatoms. The Balaban J connectivity index is 1.35. The summed E-state index contributed by atoms with van der Waals surface area (Å²) < 4.78 is 60.7. The average molecular weight is 606 g/mol. The quantitative estimate of drug-likeness (QED) is 0.328. The van der Waals surface area contributed by atoms with Gasteiger partial charge in [0.25, 0.3) is 10.0 Å². The third-order valence-corrected chi connectivity index (χ3v) is 10.4. The van der Waals surface area contributed by atoms with Gasteiger partial charge in [0.1, 0.15) is 18.9 Å². The third-order valence-electron chi connectivity index (χ3n) is 6.45. The number of nitrogens with one attached hydrogen (secondary N) is 1. The number of halogens is 1. The first-order valence-electron chi connectivity index (χ1n) is 12.9. The van der Waals surface area contributed by atoms with Crippen molar-refractivity contribution in [2.24, 2.45) is 0 Å². The normalized spacial score (nSPS) is 14.4. The maximum absolute atomic E-state index is 13.4. The van der Waals surface area contributed by atoms with E-state index in [2.05, 4.69) is 5.32 Å². The lowest BCUT2D eigenvalue weighted by molar-refractivity contribution is -0.119. The molecule has 4 rings (SSSR count). The minimum absolute atomic E-state index is 0.0142. The standard InChI is InChI=1S/C28H32ClN3O6S2/c1-22-6-5-7-24(20-22)32(40(36,37)27-12-8-23(29)9-13-27)21-28(33)30-16-19-38-25-10-14-26(15-11-25)39(34,35)31-17-3-2-4-18-31/h5-15,20H,2-4,16-19,21H2,1H3,(H,30,33). The van der Waals surface area contributed by atoms with Crippen LogP contribution in [0.15, 0.2) is 82.6 Å². The third kappa shape index (κ3) is 7.34. The molecule has 0 radical (unpaired) electrons. The molecular weight excluding hydrogens is 574 g/mol. The van der Waals surface area contributed by atoms with Crippen molar-refractivity contribution in [3.8, 4) is 5.75 Å². The molecule has 1 N–H and O–H groups in total. The second-order valence-electron chi connectivity index (χ2n) is 9.44. The number of amides is 1. The number of anilines is 1. The van der Waals surface area contributed by atoms with Crippen LogP contribution in [0.2, 0.25) is 5.02 Å². The van der Waals surface area contributed by atoms with E-state index in [-0.39, 0.29) is 22.9 Å². The maximum atomic E-state index is 13.4. The summed E-state index contributed by atoms with van der Waals surface area (Å²) in [6, 6.07) is 18.8. The Labute approximate surface area is 240 Å². The minimum atomic E-state index is -4.05. The molecule has 3 aromatic carbocycles. The zero-order valence-corrected chi connectivity index (χ0v) is 24.5. The van der Waals surface area contributed by atoms with Crippen LogP contribution >= 0.6 is 11.6 Å². The Kier molecular flexibility index (Phi) is 9.72. The second kappa shape index (κ2) is 13.0. The lowest BCUT2D eigenvalue weighted by Crippen LogP contribution is -2.42. The predicted octanol–water partition coefficient (Wildman–Crippen LogP) is 4.21. The first kappa shape index (κ1) is 29.9. The van der Waals surface area contributed by atoms with Gasteiger partial charge in [0, 0.05) is 18.1 Å². The lowest BCUT2D eigenvalue weighted by atomic mass is 10.2. The van der Waals surface area contributed by atoms with E-state index in [1.807, 2.05) is 13.0 Å². The van der Waals surface area contributed by atoms with Gasteiger partial charge in [0.2, 0.25) is 15.9 Å². The van der Waals surface area contributed by atoms with E-state index in [1.165, 1.54) is 40.7 Å². The summed E-state index contributed by atoms with van der Waals surface area (Å²) in [5, 5.41) is 3.09. The Hall–Kier alpha value is -3.12. The fourth-order valence-electron chi connectivity index (χ4n) is 4.34. The number of nitrogens with zero attached hydrogens (tertiary/aromatic N) is 2. The number of carbonyl (C=O) groups is 1. The van der Waals surface area contributed by atoms with E-state index in [0.717, 1.165) is 29.1 Å². The van der Waals surface area contributed by atoms with E-state index in [1.54, 1.807) is 30.3 Å². The number of sulfonamides is 2. The van der Waals surface area contributed by atoms with Crippen molar-refractivity contribution in [1.82, 2.24) is 9.62 Å². The highest BCUT2D eigenvalue weighted by molar-refractivity contribution is 7.92. The number of piperidine rings is 1. The first-order valence-corrected chi connectivity index (χ1v) is 16.2. The molecule has 0 bridgehead atoms. The van der Waals surface area contributed by atoms with Crippen LogP contribution < -0.4 is 14.4 Å². The van der Waals surface area contributed by atoms with Crippen LogP contribution in [0, 0.1) is 6.92 Å². The smallest absolute Gasteiger partial charge is 0.264 e. The molecule has 0 spiro atoms. The molecule has 0 unspecified atom stereocenters. The monoisotopic (exact) mass is 605 g/mol. The molecule has 0 saturated carbocycles. The highest BCUT2D eigenvalue weighted by Gasteiger charge is 2.28. The van der Waals surface area contributed by atoms with Crippen molar-refractivity contribution in [2.75, 3.05) is 37.1 Å². The van der Waals surface area contributed by atoms with Crippen molar-refractivity contribution < 1.29 is 26.4 Å². The number of ether oxygens (including phenoxy) is 1. The van der Waals surface area contributed by atoms with Gasteiger partial charge in [-0.15, -0.1) is 0 Å².